The van der Waals surface area contributed by atoms with Gasteiger partial charge in [0.1, 0.15) is 5.75 Å². The number of benzene rings is 1. The minimum absolute atomic E-state index is 0.0581. The van der Waals surface area contributed by atoms with Crippen molar-refractivity contribution in [3.8, 4) is 5.75 Å². The molecule has 5 heteroatoms. The van der Waals surface area contributed by atoms with Gasteiger partial charge in [-0.1, -0.05) is 0 Å². The van der Waals surface area contributed by atoms with Gasteiger partial charge in [-0.2, -0.15) is 0 Å². The highest BCUT2D eigenvalue weighted by Gasteiger charge is 2.16. The number of halogens is 1. The maximum absolute atomic E-state index is 11.6. The van der Waals surface area contributed by atoms with Crippen molar-refractivity contribution in [3.05, 3.63) is 27.8 Å². The van der Waals surface area contributed by atoms with Gasteiger partial charge in [-0.25, -0.2) is 0 Å². The Balaban J connectivity index is 1.73. The lowest BCUT2D eigenvalue weighted by Gasteiger charge is -2.11. The van der Waals surface area contributed by atoms with Gasteiger partial charge in [-0.15, -0.1) is 0 Å². The third-order valence-corrected chi connectivity index (χ3v) is 3.33. The first-order chi connectivity index (χ1) is 8.24. The molecule has 2 N–H and O–H groups in total. The summed E-state index contributed by atoms with van der Waals surface area (Å²) in [5, 5.41) is 6.13. The quantitative estimate of drug-likeness (QED) is 0.805. The molecule has 1 heterocycles. The van der Waals surface area contributed by atoms with Gasteiger partial charge in [-0.3, -0.25) is 4.79 Å². The Morgan fingerprint density at radius 2 is 2.24 bits per heavy atom. The Morgan fingerprint density at radius 3 is 2.88 bits per heavy atom. The second-order valence-electron chi connectivity index (χ2n) is 4.00. The summed E-state index contributed by atoms with van der Waals surface area (Å²) in [5.41, 5.74) is 0. The van der Waals surface area contributed by atoms with Crippen molar-refractivity contribution in [2.75, 3.05) is 19.7 Å². The summed E-state index contributed by atoms with van der Waals surface area (Å²) in [4.78, 5) is 11.6. The largest absolute Gasteiger partial charge is 0.484 e. The molecule has 92 valence electrons. The van der Waals surface area contributed by atoms with Crippen molar-refractivity contribution in [2.45, 2.75) is 12.5 Å². The van der Waals surface area contributed by atoms with Gasteiger partial charge < -0.3 is 15.4 Å². The third kappa shape index (κ3) is 4.16. The Morgan fingerprint density at radius 1 is 1.47 bits per heavy atom. The smallest absolute Gasteiger partial charge is 0.258 e. The predicted molar refractivity (Wildman–Crippen MR) is 74.1 cm³/mol. The number of carbonyl (C=O) groups is 1. The second-order valence-corrected chi connectivity index (χ2v) is 5.25. The minimum Gasteiger partial charge on any atom is -0.484 e. The number of carbonyl (C=O) groups excluding carboxylic acids is 1. The Labute approximate surface area is 114 Å². The van der Waals surface area contributed by atoms with E-state index in [-0.39, 0.29) is 18.6 Å². The van der Waals surface area contributed by atoms with Crippen LogP contribution >= 0.6 is 22.6 Å². The molecule has 1 aliphatic rings. The van der Waals surface area contributed by atoms with E-state index < -0.39 is 0 Å². The fraction of sp³-hybridized carbons (Fsp3) is 0.417. The van der Waals surface area contributed by atoms with Crippen LogP contribution in [0.2, 0.25) is 0 Å². The van der Waals surface area contributed by atoms with Gasteiger partial charge >= 0.3 is 0 Å². The molecule has 1 atom stereocenters. The lowest BCUT2D eigenvalue weighted by atomic mass is 10.2. The van der Waals surface area contributed by atoms with Crippen LogP contribution in [0.3, 0.4) is 0 Å². The maximum atomic E-state index is 11.6. The van der Waals surface area contributed by atoms with Gasteiger partial charge in [0, 0.05) is 16.2 Å². The highest BCUT2D eigenvalue weighted by molar-refractivity contribution is 14.1. The molecule has 1 aromatic carbocycles. The average Bonchev–Trinajstić information content (AvgIpc) is 2.81. The fourth-order valence-corrected chi connectivity index (χ4v) is 2.09. The zero-order chi connectivity index (χ0) is 12.1. The van der Waals surface area contributed by atoms with Crippen molar-refractivity contribution >= 4 is 28.5 Å². The van der Waals surface area contributed by atoms with Crippen LogP contribution < -0.4 is 15.4 Å². The molecule has 1 fully saturated rings. The molecule has 0 spiro atoms. The number of ether oxygens (including phenoxy) is 1. The normalized spacial score (nSPS) is 19.0. The average molecular weight is 346 g/mol. The van der Waals surface area contributed by atoms with E-state index in [1.807, 2.05) is 24.3 Å². The molecule has 0 saturated carbocycles. The van der Waals surface area contributed by atoms with E-state index in [1.54, 1.807) is 0 Å². The highest BCUT2D eigenvalue weighted by Crippen LogP contribution is 2.13. The minimum atomic E-state index is -0.0581. The van der Waals surface area contributed by atoms with Gasteiger partial charge in [0.05, 0.1) is 0 Å². The van der Waals surface area contributed by atoms with Crippen LogP contribution in [0.1, 0.15) is 6.42 Å². The van der Waals surface area contributed by atoms with E-state index in [2.05, 4.69) is 33.2 Å². The molecule has 1 saturated heterocycles. The van der Waals surface area contributed by atoms with Crippen LogP contribution in [-0.2, 0) is 4.79 Å². The van der Waals surface area contributed by atoms with E-state index in [0.717, 1.165) is 28.8 Å². The number of rotatable bonds is 4. The summed E-state index contributed by atoms with van der Waals surface area (Å²) in [6.45, 7) is 1.91. The van der Waals surface area contributed by atoms with Crippen LogP contribution in [0, 0.1) is 3.57 Å². The molecular weight excluding hydrogens is 331 g/mol. The Bertz CT molecular complexity index is 375. The number of hydrogen-bond donors (Lipinski definition) is 2. The van der Waals surface area contributed by atoms with Gasteiger partial charge in [0.2, 0.25) is 0 Å². The Kier molecular flexibility index (Phi) is 4.61. The molecular formula is C12H15IN2O2. The lowest BCUT2D eigenvalue weighted by molar-refractivity contribution is -0.123. The summed E-state index contributed by atoms with van der Waals surface area (Å²) >= 11 is 2.23. The van der Waals surface area contributed by atoms with Crippen molar-refractivity contribution < 1.29 is 9.53 Å². The predicted octanol–water partition coefficient (Wildman–Crippen LogP) is 1.15. The molecule has 0 bridgehead atoms. The summed E-state index contributed by atoms with van der Waals surface area (Å²) < 4.78 is 6.55. The van der Waals surface area contributed by atoms with Crippen LogP contribution in [0.15, 0.2) is 24.3 Å². The number of nitrogens with one attached hydrogen (secondary N) is 2. The van der Waals surface area contributed by atoms with Gasteiger partial charge in [0.15, 0.2) is 6.61 Å². The summed E-state index contributed by atoms with van der Waals surface area (Å²) in [6, 6.07) is 7.89. The topological polar surface area (TPSA) is 50.4 Å². The molecule has 1 unspecified atom stereocenters. The van der Waals surface area contributed by atoms with Crippen LogP contribution in [0.4, 0.5) is 0 Å². The van der Waals surface area contributed by atoms with Crippen LogP contribution in [-0.4, -0.2) is 31.6 Å². The SMILES string of the molecule is O=C(COc1ccc(I)cc1)NC1CCNC1. The third-order valence-electron chi connectivity index (χ3n) is 2.61. The standard InChI is InChI=1S/C12H15IN2O2/c13-9-1-3-11(4-2-9)17-8-12(16)15-10-5-6-14-7-10/h1-4,10,14H,5-8H2,(H,15,16). The van der Waals surface area contributed by atoms with Crippen molar-refractivity contribution in [3.63, 3.8) is 0 Å². The summed E-state index contributed by atoms with van der Waals surface area (Å²) in [5.74, 6) is 0.669. The van der Waals surface area contributed by atoms with E-state index >= 15 is 0 Å². The fourth-order valence-electron chi connectivity index (χ4n) is 1.73. The summed E-state index contributed by atoms with van der Waals surface area (Å²) in [6.07, 6.45) is 0.995. The molecule has 2 rings (SSSR count). The first kappa shape index (κ1) is 12.6. The second kappa shape index (κ2) is 6.20. The summed E-state index contributed by atoms with van der Waals surface area (Å²) in [7, 11) is 0. The Hall–Kier alpha value is -0.820. The first-order valence-corrected chi connectivity index (χ1v) is 6.70. The van der Waals surface area contributed by atoms with Gasteiger partial charge in [0.25, 0.3) is 5.91 Å². The first-order valence-electron chi connectivity index (χ1n) is 5.62. The van der Waals surface area contributed by atoms with Crippen molar-refractivity contribution in [1.29, 1.82) is 0 Å². The number of amides is 1. The maximum Gasteiger partial charge on any atom is 0.258 e. The monoisotopic (exact) mass is 346 g/mol. The van der Waals surface area contributed by atoms with E-state index in [1.165, 1.54) is 0 Å². The van der Waals surface area contributed by atoms with Gasteiger partial charge in [-0.05, 0) is 59.8 Å². The number of hydrogen-bond acceptors (Lipinski definition) is 3. The highest BCUT2D eigenvalue weighted by atomic mass is 127. The van der Waals surface area contributed by atoms with E-state index in [4.69, 9.17) is 4.74 Å². The van der Waals surface area contributed by atoms with E-state index in [0.29, 0.717) is 0 Å². The molecule has 0 aromatic heterocycles. The molecule has 0 radical (unpaired) electrons. The molecule has 1 amide bonds. The zero-order valence-corrected chi connectivity index (χ0v) is 11.6. The van der Waals surface area contributed by atoms with E-state index in [9.17, 15) is 4.79 Å². The van der Waals surface area contributed by atoms with Crippen LogP contribution in [0.25, 0.3) is 0 Å². The molecule has 4 nitrogen and oxygen atoms in total. The molecule has 1 aromatic rings. The lowest BCUT2D eigenvalue weighted by Crippen LogP contribution is -2.39. The van der Waals surface area contributed by atoms with Crippen molar-refractivity contribution in [2.24, 2.45) is 0 Å². The zero-order valence-electron chi connectivity index (χ0n) is 9.41. The molecule has 0 aliphatic carbocycles. The van der Waals surface area contributed by atoms with Crippen molar-refractivity contribution in [1.82, 2.24) is 10.6 Å². The molecule has 17 heavy (non-hydrogen) atoms. The molecule has 1 aliphatic heterocycles. The van der Waals surface area contributed by atoms with Crippen LogP contribution in [0.5, 0.6) is 5.75 Å².